The monoisotopic (exact) mass is 277 g/mol. The van der Waals surface area contributed by atoms with Crippen LogP contribution in [-0.4, -0.2) is 39.4 Å². The van der Waals surface area contributed by atoms with Crippen molar-refractivity contribution in [2.24, 2.45) is 0 Å². The van der Waals surface area contributed by atoms with Crippen molar-refractivity contribution in [2.75, 3.05) is 30.7 Å². The van der Waals surface area contributed by atoms with Gasteiger partial charge in [0.05, 0.1) is 18.1 Å². The molecule has 0 saturated carbocycles. The van der Waals surface area contributed by atoms with Gasteiger partial charge in [0.15, 0.2) is 5.13 Å². The molecule has 17 heavy (non-hydrogen) atoms. The third-order valence-electron chi connectivity index (χ3n) is 2.40. The predicted octanol–water partition coefficient (Wildman–Crippen LogP) is 0.177. The summed E-state index contributed by atoms with van der Waals surface area (Å²) in [6.07, 6.45) is 0.853. The summed E-state index contributed by atoms with van der Waals surface area (Å²) in [5.41, 5.74) is 0.998. The topological polar surface area (TPSA) is 80.3 Å². The van der Waals surface area contributed by atoms with Crippen LogP contribution in [0.4, 0.5) is 5.13 Å². The Kier molecular flexibility index (Phi) is 3.97. The molecule has 0 saturated heterocycles. The minimum Gasteiger partial charge on any atom is -0.384 e. The molecule has 0 spiro atoms. The van der Waals surface area contributed by atoms with E-state index in [0.29, 0.717) is 5.13 Å². The second kappa shape index (κ2) is 5.30. The number of hydrogen-bond donors (Lipinski definition) is 2. The van der Waals surface area contributed by atoms with Gasteiger partial charge in [-0.2, -0.15) is 0 Å². The summed E-state index contributed by atoms with van der Waals surface area (Å²) in [6, 6.07) is 0. The lowest BCUT2D eigenvalue weighted by molar-refractivity contribution is 0.217. The highest BCUT2D eigenvalue weighted by molar-refractivity contribution is 7.92. The van der Waals surface area contributed by atoms with Crippen molar-refractivity contribution in [3.63, 3.8) is 0 Å². The Morgan fingerprint density at radius 2 is 2.41 bits per heavy atom. The van der Waals surface area contributed by atoms with Crippen molar-refractivity contribution >= 4 is 26.5 Å². The number of fused-ring (bicyclic) bond motifs is 1. The van der Waals surface area contributed by atoms with Crippen LogP contribution in [0.25, 0.3) is 0 Å². The Morgan fingerprint density at radius 3 is 3.12 bits per heavy atom. The fraction of sp³-hybridized carbons (Fsp3) is 0.667. The van der Waals surface area contributed by atoms with Crippen LogP contribution in [-0.2, 0) is 27.7 Å². The Balaban J connectivity index is 2.06. The van der Waals surface area contributed by atoms with Crippen LogP contribution in [0.5, 0.6) is 0 Å². The lowest BCUT2D eigenvalue weighted by Gasteiger charge is -2.09. The number of nitrogens with zero attached hydrogens (tertiary/aromatic N) is 1. The maximum absolute atomic E-state index is 11.6. The Morgan fingerprint density at radius 1 is 1.59 bits per heavy atom. The predicted molar refractivity (Wildman–Crippen MR) is 66.8 cm³/mol. The molecular formula is C9H15N3O3S2. The average molecular weight is 277 g/mol. The number of aromatic nitrogens is 1. The fourth-order valence-corrected chi connectivity index (χ4v) is 3.72. The van der Waals surface area contributed by atoms with Gasteiger partial charge in [0.2, 0.25) is 10.0 Å². The highest BCUT2D eigenvalue weighted by Crippen LogP contribution is 2.25. The Bertz CT molecular complexity index is 460. The first-order valence-electron chi connectivity index (χ1n) is 5.29. The number of thiazole rings is 1. The molecule has 96 valence electrons. The zero-order chi connectivity index (χ0) is 12.3. The quantitative estimate of drug-likeness (QED) is 0.802. The average Bonchev–Trinajstić information content (AvgIpc) is 2.67. The van der Waals surface area contributed by atoms with Crippen molar-refractivity contribution in [2.45, 2.75) is 13.0 Å². The van der Waals surface area contributed by atoms with Crippen molar-refractivity contribution < 1.29 is 13.2 Å². The van der Waals surface area contributed by atoms with Gasteiger partial charge in [-0.25, -0.2) is 13.4 Å². The number of ether oxygens (including phenoxy) is 1. The van der Waals surface area contributed by atoms with Gasteiger partial charge in [-0.15, -0.1) is 0 Å². The number of nitrogens with one attached hydrogen (secondary N) is 2. The molecule has 1 aromatic rings. The fourth-order valence-electron chi connectivity index (χ4n) is 1.55. The van der Waals surface area contributed by atoms with Crippen LogP contribution in [0.2, 0.25) is 0 Å². The van der Waals surface area contributed by atoms with Crippen molar-refractivity contribution in [3.8, 4) is 0 Å². The highest BCUT2D eigenvalue weighted by atomic mass is 32.2. The van der Waals surface area contributed by atoms with Gasteiger partial charge < -0.3 is 10.1 Å². The SMILES string of the molecule is COCCS(=O)(=O)Nc1nc2c(s1)CNCC2. The van der Waals surface area contributed by atoms with Crippen LogP contribution < -0.4 is 10.0 Å². The van der Waals surface area contributed by atoms with Gasteiger partial charge in [0.25, 0.3) is 0 Å². The smallest absolute Gasteiger partial charge is 0.236 e. The normalized spacial score (nSPS) is 15.6. The van der Waals surface area contributed by atoms with E-state index < -0.39 is 10.0 Å². The molecule has 2 rings (SSSR count). The number of methoxy groups -OCH3 is 1. The van der Waals surface area contributed by atoms with E-state index in [1.54, 1.807) is 0 Å². The van der Waals surface area contributed by atoms with E-state index in [1.165, 1.54) is 18.4 Å². The van der Waals surface area contributed by atoms with Crippen molar-refractivity contribution in [1.82, 2.24) is 10.3 Å². The number of hydrogen-bond acceptors (Lipinski definition) is 6. The van der Waals surface area contributed by atoms with Crippen molar-refractivity contribution in [3.05, 3.63) is 10.6 Å². The zero-order valence-corrected chi connectivity index (χ0v) is 11.2. The Hall–Kier alpha value is -0.700. The minimum absolute atomic E-state index is 0.0496. The van der Waals surface area contributed by atoms with E-state index in [9.17, 15) is 8.42 Å². The summed E-state index contributed by atoms with van der Waals surface area (Å²) < 4.78 is 30.5. The Labute approximate surface area is 104 Å². The summed E-state index contributed by atoms with van der Waals surface area (Å²) in [5, 5.41) is 3.68. The molecular weight excluding hydrogens is 262 g/mol. The molecule has 8 heteroatoms. The van der Waals surface area contributed by atoms with Gasteiger partial charge in [0, 0.05) is 31.5 Å². The van der Waals surface area contributed by atoms with Crippen LogP contribution in [0, 0.1) is 0 Å². The molecule has 2 heterocycles. The molecule has 0 fully saturated rings. The molecule has 0 unspecified atom stereocenters. The lowest BCUT2D eigenvalue weighted by atomic mass is 10.2. The van der Waals surface area contributed by atoms with Crippen molar-refractivity contribution in [1.29, 1.82) is 0 Å². The molecule has 1 aliphatic heterocycles. The standard InChI is InChI=1S/C9H15N3O3S2/c1-15-4-5-17(13,14)12-9-11-7-2-3-10-6-8(7)16-9/h10H,2-6H2,1H3,(H,11,12). The lowest BCUT2D eigenvalue weighted by Crippen LogP contribution is -2.22. The van der Waals surface area contributed by atoms with Crippen LogP contribution in [0.15, 0.2) is 0 Å². The molecule has 0 amide bonds. The summed E-state index contributed by atoms with van der Waals surface area (Å²) in [6.45, 7) is 1.85. The van der Waals surface area contributed by atoms with E-state index in [4.69, 9.17) is 4.74 Å². The van der Waals surface area contributed by atoms with Gasteiger partial charge in [-0.1, -0.05) is 11.3 Å². The maximum atomic E-state index is 11.6. The molecule has 1 aromatic heterocycles. The van der Waals surface area contributed by atoms with E-state index in [2.05, 4.69) is 15.0 Å². The molecule has 0 atom stereocenters. The summed E-state index contributed by atoms with van der Waals surface area (Å²) in [7, 11) is -1.87. The zero-order valence-electron chi connectivity index (χ0n) is 9.52. The maximum Gasteiger partial charge on any atom is 0.236 e. The first-order valence-corrected chi connectivity index (χ1v) is 7.76. The third kappa shape index (κ3) is 3.38. The molecule has 1 aliphatic rings. The van der Waals surface area contributed by atoms with E-state index in [-0.39, 0.29) is 12.4 Å². The second-order valence-electron chi connectivity index (χ2n) is 3.73. The summed E-state index contributed by atoms with van der Waals surface area (Å²) >= 11 is 1.39. The number of sulfonamides is 1. The molecule has 2 N–H and O–H groups in total. The highest BCUT2D eigenvalue weighted by Gasteiger charge is 2.18. The summed E-state index contributed by atoms with van der Waals surface area (Å²) in [5.74, 6) is -0.0496. The third-order valence-corrected chi connectivity index (χ3v) is 4.75. The number of rotatable bonds is 5. The second-order valence-corrected chi connectivity index (χ2v) is 6.65. The van der Waals surface area contributed by atoms with Crippen LogP contribution in [0.1, 0.15) is 10.6 Å². The molecule has 0 aromatic carbocycles. The van der Waals surface area contributed by atoms with Crippen LogP contribution >= 0.6 is 11.3 Å². The summed E-state index contributed by atoms with van der Waals surface area (Å²) in [4.78, 5) is 5.40. The van der Waals surface area contributed by atoms with E-state index in [1.807, 2.05) is 0 Å². The van der Waals surface area contributed by atoms with E-state index >= 15 is 0 Å². The first kappa shape index (κ1) is 12.7. The van der Waals surface area contributed by atoms with Crippen LogP contribution in [0.3, 0.4) is 0 Å². The number of anilines is 1. The largest absolute Gasteiger partial charge is 0.384 e. The van der Waals surface area contributed by atoms with Gasteiger partial charge in [-0.05, 0) is 0 Å². The molecule has 6 nitrogen and oxygen atoms in total. The first-order chi connectivity index (χ1) is 8.11. The molecule has 0 bridgehead atoms. The molecule has 0 aliphatic carbocycles. The van der Waals surface area contributed by atoms with Gasteiger partial charge in [0.1, 0.15) is 0 Å². The van der Waals surface area contributed by atoms with Gasteiger partial charge in [-0.3, -0.25) is 4.72 Å². The molecule has 0 radical (unpaired) electrons. The minimum atomic E-state index is -3.34. The van der Waals surface area contributed by atoms with Gasteiger partial charge >= 0.3 is 0 Å². The van der Waals surface area contributed by atoms with E-state index in [0.717, 1.165) is 30.1 Å².